The van der Waals surface area contributed by atoms with E-state index in [-0.39, 0.29) is 30.5 Å². The second-order valence-electron chi connectivity index (χ2n) is 14.2. The third-order valence-corrected chi connectivity index (χ3v) is 10.6. The number of hydrogen-bond donors (Lipinski definition) is 1. The fourth-order valence-corrected chi connectivity index (χ4v) is 7.57. The van der Waals surface area contributed by atoms with Gasteiger partial charge in [-0.1, -0.05) is 83.9 Å². The van der Waals surface area contributed by atoms with Gasteiger partial charge in [-0.2, -0.15) is 10.2 Å². The number of aliphatic hydroxyl groups excluding tert-OH is 1. The number of nitrogens with zero attached hydrogens (tertiary/aromatic N) is 8. The van der Waals surface area contributed by atoms with E-state index in [1.807, 2.05) is 44.2 Å². The minimum atomic E-state index is -0.158. The summed E-state index contributed by atoms with van der Waals surface area (Å²) >= 11 is 12.0. The van der Waals surface area contributed by atoms with Crippen molar-refractivity contribution in [1.82, 2.24) is 29.4 Å². The molecular weight excluding hydrogens is 775 g/mol. The van der Waals surface area contributed by atoms with E-state index in [9.17, 15) is 19.5 Å². The highest BCUT2D eigenvalue weighted by Crippen LogP contribution is 2.32. The van der Waals surface area contributed by atoms with E-state index in [2.05, 4.69) is 19.9 Å². The second-order valence-corrected chi connectivity index (χ2v) is 15.0. The quantitative estimate of drug-likeness (QED) is 0.121. The van der Waals surface area contributed by atoms with Crippen LogP contribution < -0.4 is 0 Å². The second kappa shape index (κ2) is 16.9. The van der Waals surface area contributed by atoms with E-state index in [1.165, 1.54) is 0 Å². The van der Waals surface area contributed by atoms with Crippen LogP contribution in [-0.2, 0) is 19.7 Å². The number of carbonyl (C=O) groups is 3. The molecule has 8 rings (SSSR count). The fourth-order valence-electron chi connectivity index (χ4n) is 7.20. The normalized spacial score (nSPS) is 15.8. The van der Waals surface area contributed by atoms with E-state index < -0.39 is 0 Å². The minimum absolute atomic E-state index is 0.00838. The summed E-state index contributed by atoms with van der Waals surface area (Å²) in [6.07, 6.45) is 0.740. The summed E-state index contributed by atoms with van der Waals surface area (Å²) < 4.78 is 3.48. The number of aliphatic hydroxyl groups is 1. The molecule has 14 heteroatoms. The summed E-state index contributed by atoms with van der Waals surface area (Å²) in [6, 6.07) is 28.3. The van der Waals surface area contributed by atoms with Crippen LogP contribution in [0, 0.1) is 13.1 Å². The Balaban J connectivity index is 0.000000177. The van der Waals surface area contributed by atoms with E-state index in [0.29, 0.717) is 87.1 Å². The van der Waals surface area contributed by atoms with Crippen LogP contribution in [0.2, 0.25) is 10.0 Å². The van der Waals surface area contributed by atoms with E-state index >= 15 is 0 Å². The molecule has 0 bridgehead atoms. The van der Waals surface area contributed by atoms with Crippen molar-refractivity contribution in [1.29, 1.82) is 0 Å². The molecule has 0 aliphatic carbocycles. The Morgan fingerprint density at radius 3 is 1.59 bits per heavy atom. The molecule has 58 heavy (non-hydrogen) atoms. The molecule has 6 aromatic rings. The molecule has 0 fully saturated rings. The van der Waals surface area contributed by atoms with E-state index in [1.54, 1.807) is 85.9 Å². The van der Waals surface area contributed by atoms with Crippen molar-refractivity contribution in [3.8, 4) is 22.5 Å². The molecule has 2 aliphatic heterocycles. The van der Waals surface area contributed by atoms with Gasteiger partial charge >= 0.3 is 0 Å². The molecule has 4 aromatic carbocycles. The Kier molecular flexibility index (Phi) is 11.5. The predicted molar refractivity (Wildman–Crippen MR) is 221 cm³/mol. The fraction of sp³-hybridized carbons (Fsp3) is 0.205. The zero-order chi connectivity index (χ0) is 41.1. The summed E-state index contributed by atoms with van der Waals surface area (Å²) in [6.45, 7) is 20.0. The topological polar surface area (TPSA) is 122 Å². The SMILES string of the molecule is [C-]#[N+]c1ccc(CN2C[C@H](C)n3nc(-c4ccc(Cl)cc4C=O)cc3C2=O)cc1.[C-]#[N+]c1ccc(CN2C[C@H](C)n3nc(-c4ccc(Cl)cc4CO)cc3C2=O)cc1. The Morgan fingerprint density at radius 1 is 0.690 bits per heavy atom. The van der Waals surface area contributed by atoms with Crippen LogP contribution in [0.15, 0.2) is 97.1 Å². The number of rotatable bonds is 8. The maximum absolute atomic E-state index is 13.1. The van der Waals surface area contributed by atoms with Crippen molar-refractivity contribution >= 4 is 52.7 Å². The third-order valence-electron chi connectivity index (χ3n) is 10.1. The number of carbonyl (C=O) groups excluding carboxylic acids is 3. The van der Waals surface area contributed by atoms with Gasteiger partial charge in [0.2, 0.25) is 0 Å². The van der Waals surface area contributed by atoms with Gasteiger partial charge in [0, 0.05) is 52.9 Å². The third kappa shape index (κ3) is 8.13. The van der Waals surface area contributed by atoms with Crippen LogP contribution in [0.5, 0.6) is 0 Å². The van der Waals surface area contributed by atoms with Gasteiger partial charge in [-0.05, 0) is 66.9 Å². The van der Waals surface area contributed by atoms with E-state index in [0.717, 1.165) is 23.0 Å². The van der Waals surface area contributed by atoms with Crippen LogP contribution in [0.25, 0.3) is 32.2 Å². The number of aromatic nitrogens is 4. The Labute approximate surface area is 345 Å². The molecule has 2 aliphatic rings. The molecule has 0 saturated carbocycles. The smallest absolute Gasteiger partial charge is 0.272 e. The largest absolute Gasteiger partial charge is 0.392 e. The van der Waals surface area contributed by atoms with Gasteiger partial charge < -0.3 is 14.9 Å². The first kappa shape index (κ1) is 39.7. The van der Waals surface area contributed by atoms with Gasteiger partial charge in [0.15, 0.2) is 17.7 Å². The number of benzene rings is 4. The Morgan fingerprint density at radius 2 is 1.14 bits per heavy atom. The van der Waals surface area contributed by atoms with Crippen molar-refractivity contribution in [2.24, 2.45) is 0 Å². The molecular formula is C44H36Cl2N8O4. The van der Waals surface area contributed by atoms with Crippen molar-refractivity contribution < 1.29 is 19.5 Å². The van der Waals surface area contributed by atoms with Crippen LogP contribution in [-0.4, -0.2) is 65.7 Å². The molecule has 4 heterocycles. The molecule has 2 aromatic heterocycles. The van der Waals surface area contributed by atoms with Crippen molar-refractivity contribution in [2.75, 3.05) is 13.1 Å². The van der Waals surface area contributed by atoms with E-state index in [4.69, 9.17) is 36.3 Å². The lowest BCUT2D eigenvalue weighted by atomic mass is 10.0. The lowest BCUT2D eigenvalue weighted by Gasteiger charge is -2.31. The summed E-state index contributed by atoms with van der Waals surface area (Å²) in [5, 5.41) is 19.9. The maximum Gasteiger partial charge on any atom is 0.272 e. The predicted octanol–water partition coefficient (Wildman–Crippen LogP) is 9.25. The van der Waals surface area contributed by atoms with Crippen LogP contribution >= 0.6 is 23.2 Å². The highest BCUT2D eigenvalue weighted by molar-refractivity contribution is 6.31. The van der Waals surface area contributed by atoms with Crippen molar-refractivity contribution in [2.45, 2.75) is 45.6 Å². The zero-order valence-electron chi connectivity index (χ0n) is 31.5. The number of fused-ring (bicyclic) bond motifs is 2. The van der Waals surface area contributed by atoms with Crippen LogP contribution in [0.4, 0.5) is 11.4 Å². The zero-order valence-corrected chi connectivity index (χ0v) is 33.0. The van der Waals surface area contributed by atoms with Crippen molar-refractivity contribution in [3.05, 3.63) is 164 Å². The average molecular weight is 812 g/mol. The van der Waals surface area contributed by atoms with Gasteiger partial charge in [-0.15, -0.1) is 0 Å². The average Bonchev–Trinajstić information content (AvgIpc) is 3.90. The summed E-state index contributed by atoms with van der Waals surface area (Å²) in [5.74, 6) is -0.201. The molecule has 12 nitrogen and oxygen atoms in total. The summed E-state index contributed by atoms with van der Waals surface area (Å²) in [5.41, 5.74) is 7.84. The Bertz CT molecular complexity index is 2620. The highest BCUT2D eigenvalue weighted by Gasteiger charge is 2.33. The maximum atomic E-state index is 13.1. The Hall–Kier alpha value is -6.57. The van der Waals surface area contributed by atoms with Gasteiger partial charge in [-0.3, -0.25) is 23.7 Å². The van der Waals surface area contributed by atoms with Gasteiger partial charge in [0.1, 0.15) is 11.4 Å². The molecule has 0 radical (unpaired) electrons. The first-order valence-electron chi connectivity index (χ1n) is 18.3. The summed E-state index contributed by atoms with van der Waals surface area (Å²) in [4.78, 5) is 48.0. The minimum Gasteiger partial charge on any atom is -0.392 e. The number of hydrogen-bond acceptors (Lipinski definition) is 6. The number of aldehydes is 1. The lowest BCUT2D eigenvalue weighted by Crippen LogP contribution is -2.41. The molecule has 0 unspecified atom stereocenters. The molecule has 290 valence electrons. The molecule has 0 saturated heterocycles. The highest BCUT2D eigenvalue weighted by atomic mass is 35.5. The number of halogens is 2. The van der Waals surface area contributed by atoms with Crippen LogP contribution in [0.1, 0.15) is 74.0 Å². The van der Waals surface area contributed by atoms with Crippen molar-refractivity contribution in [3.63, 3.8) is 0 Å². The monoisotopic (exact) mass is 810 g/mol. The molecule has 1 N–H and O–H groups in total. The standard InChI is InChI=1S/C22H19ClN4O2.C22H17ClN4O2/c2*1-14-11-26(12-15-3-6-18(24-2)7-4-15)22(29)21-10-20(25-27(14)21)19-8-5-17(23)9-16(19)13-28/h3-10,14,28H,11-13H2,1H3;3-10,13-14H,11-12H2,1H3/t2*14-/m00/s1. The first-order valence-corrected chi connectivity index (χ1v) is 19.1. The lowest BCUT2D eigenvalue weighted by molar-refractivity contribution is 0.0645. The summed E-state index contributed by atoms with van der Waals surface area (Å²) in [7, 11) is 0. The van der Waals surface area contributed by atoms with Gasteiger partial charge in [0.05, 0.1) is 43.2 Å². The molecule has 2 atom stereocenters. The molecule has 2 amide bonds. The van der Waals surface area contributed by atoms with Crippen LogP contribution in [0.3, 0.4) is 0 Å². The first-order chi connectivity index (χ1) is 28.0. The van der Waals surface area contributed by atoms with Gasteiger partial charge in [-0.25, -0.2) is 9.69 Å². The van der Waals surface area contributed by atoms with Gasteiger partial charge in [0.25, 0.3) is 11.8 Å². The molecule has 0 spiro atoms. The number of amides is 2.